The Kier molecular flexibility index (Phi) is 5.13. The lowest BCUT2D eigenvalue weighted by Gasteiger charge is -2.24. The Bertz CT molecular complexity index is 356. The number of hydrogen-bond acceptors (Lipinski definition) is 4. The third-order valence-corrected chi connectivity index (χ3v) is 4.68. The Morgan fingerprint density at radius 1 is 1.33 bits per heavy atom. The molecule has 0 spiro atoms. The van der Waals surface area contributed by atoms with Crippen LogP contribution in [0.1, 0.15) is 75.4 Å². The van der Waals surface area contributed by atoms with E-state index in [1.807, 2.05) is 0 Å². The second kappa shape index (κ2) is 6.62. The summed E-state index contributed by atoms with van der Waals surface area (Å²) in [4.78, 5) is 1.39. The molecule has 2 rings (SSSR count). The van der Waals surface area contributed by atoms with E-state index in [1.54, 1.807) is 11.5 Å². The predicted molar refractivity (Wildman–Crippen MR) is 77.0 cm³/mol. The molecule has 1 aromatic heterocycles. The monoisotopic (exact) mass is 267 g/mol. The van der Waals surface area contributed by atoms with Crippen LogP contribution in [0.3, 0.4) is 0 Å². The minimum atomic E-state index is 0.478. The summed E-state index contributed by atoms with van der Waals surface area (Å²) in [6.45, 7) is 7.75. The Hall–Kier alpha value is -0.480. The number of aromatic nitrogens is 2. The molecule has 0 amide bonds. The smallest absolute Gasteiger partial charge is 0.0829 e. The molecular formula is C14H25N3S. The van der Waals surface area contributed by atoms with E-state index in [4.69, 9.17) is 0 Å². The lowest BCUT2D eigenvalue weighted by atomic mass is 9.93. The van der Waals surface area contributed by atoms with E-state index in [1.165, 1.54) is 42.7 Å². The van der Waals surface area contributed by atoms with Gasteiger partial charge in [0.2, 0.25) is 0 Å². The molecule has 3 nitrogen and oxygen atoms in total. The van der Waals surface area contributed by atoms with Gasteiger partial charge in [-0.2, -0.15) is 0 Å². The lowest BCUT2D eigenvalue weighted by Crippen LogP contribution is -2.28. The van der Waals surface area contributed by atoms with Crippen molar-refractivity contribution >= 4 is 11.5 Å². The summed E-state index contributed by atoms with van der Waals surface area (Å²) < 4.78 is 4.20. The second-order valence-electron chi connectivity index (χ2n) is 5.65. The normalized spacial score (nSPS) is 18.7. The Morgan fingerprint density at radius 3 is 2.67 bits per heavy atom. The van der Waals surface area contributed by atoms with Crippen LogP contribution in [0.25, 0.3) is 0 Å². The van der Waals surface area contributed by atoms with Crippen LogP contribution in [0.4, 0.5) is 0 Å². The third kappa shape index (κ3) is 3.09. The molecule has 1 aromatic rings. The van der Waals surface area contributed by atoms with Gasteiger partial charge in [-0.25, -0.2) is 0 Å². The van der Waals surface area contributed by atoms with Crippen molar-refractivity contribution in [3.05, 3.63) is 10.6 Å². The fraction of sp³-hybridized carbons (Fsp3) is 0.857. The maximum Gasteiger partial charge on any atom is 0.0829 e. The fourth-order valence-electron chi connectivity index (χ4n) is 2.88. The van der Waals surface area contributed by atoms with Gasteiger partial charge in [0.15, 0.2) is 0 Å². The summed E-state index contributed by atoms with van der Waals surface area (Å²) in [5.74, 6) is 1.27. The number of hydrogen-bond donors (Lipinski definition) is 1. The van der Waals surface area contributed by atoms with E-state index < -0.39 is 0 Å². The van der Waals surface area contributed by atoms with E-state index in [9.17, 15) is 0 Å². The summed E-state index contributed by atoms with van der Waals surface area (Å²) in [6.07, 6.45) is 6.68. The Balaban J connectivity index is 2.18. The van der Waals surface area contributed by atoms with Gasteiger partial charge in [-0.3, -0.25) is 0 Å². The molecule has 1 saturated carbocycles. The van der Waals surface area contributed by atoms with Crippen molar-refractivity contribution in [2.24, 2.45) is 5.92 Å². The van der Waals surface area contributed by atoms with Gasteiger partial charge in [0.05, 0.1) is 10.6 Å². The van der Waals surface area contributed by atoms with Gasteiger partial charge in [-0.15, -0.1) is 5.10 Å². The zero-order valence-electron chi connectivity index (χ0n) is 11.8. The van der Waals surface area contributed by atoms with Crippen LogP contribution in [0.5, 0.6) is 0 Å². The molecule has 1 heterocycles. The molecule has 102 valence electrons. The summed E-state index contributed by atoms with van der Waals surface area (Å²) in [5.41, 5.74) is 1.21. The first-order valence-electron chi connectivity index (χ1n) is 7.29. The van der Waals surface area contributed by atoms with Gasteiger partial charge >= 0.3 is 0 Å². The maximum atomic E-state index is 4.34. The summed E-state index contributed by atoms with van der Waals surface area (Å²) in [6, 6.07) is 0.491. The highest BCUT2D eigenvalue weighted by Crippen LogP contribution is 2.39. The molecule has 1 aliphatic carbocycles. The van der Waals surface area contributed by atoms with Crippen LogP contribution in [-0.2, 0) is 0 Å². The Labute approximate surface area is 115 Å². The first kappa shape index (κ1) is 13.9. The molecule has 18 heavy (non-hydrogen) atoms. The maximum absolute atomic E-state index is 4.34. The zero-order valence-corrected chi connectivity index (χ0v) is 12.6. The Morgan fingerprint density at radius 2 is 2.06 bits per heavy atom. The molecular weight excluding hydrogens is 242 g/mol. The molecule has 1 atom stereocenters. The van der Waals surface area contributed by atoms with Crippen LogP contribution in [0.2, 0.25) is 0 Å². The highest BCUT2D eigenvalue weighted by atomic mass is 32.1. The van der Waals surface area contributed by atoms with Gasteiger partial charge < -0.3 is 5.32 Å². The van der Waals surface area contributed by atoms with Gasteiger partial charge in [-0.05, 0) is 49.2 Å². The van der Waals surface area contributed by atoms with Crippen LogP contribution < -0.4 is 5.32 Å². The van der Waals surface area contributed by atoms with E-state index >= 15 is 0 Å². The van der Waals surface area contributed by atoms with Crippen molar-refractivity contribution in [2.45, 2.75) is 64.8 Å². The topological polar surface area (TPSA) is 37.8 Å². The second-order valence-corrected chi connectivity index (χ2v) is 6.44. The van der Waals surface area contributed by atoms with E-state index in [2.05, 4.69) is 35.7 Å². The molecule has 1 aliphatic rings. The SMILES string of the molecule is CCCNC(c1snnc1C(C)C)C1CCCC1. The summed E-state index contributed by atoms with van der Waals surface area (Å²) in [7, 11) is 0. The average molecular weight is 267 g/mol. The van der Waals surface area contributed by atoms with E-state index in [0.717, 1.165) is 12.5 Å². The van der Waals surface area contributed by atoms with E-state index in [0.29, 0.717) is 12.0 Å². The van der Waals surface area contributed by atoms with Gasteiger partial charge in [0, 0.05) is 6.04 Å². The largest absolute Gasteiger partial charge is 0.309 e. The van der Waals surface area contributed by atoms with Gasteiger partial charge in [0.25, 0.3) is 0 Å². The molecule has 1 fully saturated rings. The summed E-state index contributed by atoms with van der Waals surface area (Å²) in [5, 5.41) is 8.08. The molecule has 1 N–H and O–H groups in total. The fourth-order valence-corrected chi connectivity index (χ4v) is 3.86. The molecule has 0 radical (unpaired) electrons. The van der Waals surface area contributed by atoms with Crippen molar-refractivity contribution in [1.82, 2.24) is 14.9 Å². The minimum Gasteiger partial charge on any atom is -0.309 e. The first-order valence-corrected chi connectivity index (χ1v) is 8.06. The molecule has 0 aliphatic heterocycles. The van der Waals surface area contributed by atoms with Crippen LogP contribution in [0.15, 0.2) is 0 Å². The van der Waals surface area contributed by atoms with Crippen molar-refractivity contribution in [3.63, 3.8) is 0 Å². The van der Waals surface area contributed by atoms with Crippen molar-refractivity contribution < 1.29 is 0 Å². The zero-order chi connectivity index (χ0) is 13.0. The molecule has 1 unspecified atom stereocenters. The van der Waals surface area contributed by atoms with Gasteiger partial charge in [0.1, 0.15) is 0 Å². The predicted octanol–water partition coefficient (Wildman–Crippen LogP) is 3.89. The lowest BCUT2D eigenvalue weighted by molar-refractivity contribution is 0.370. The highest BCUT2D eigenvalue weighted by Gasteiger charge is 2.30. The number of nitrogens with zero attached hydrogens (tertiary/aromatic N) is 2. The first-order chi connectivity index (χ1) is 8.74. The van der Waals surface area contributed by atoms with Crippen molar-refractivity contribution in [3.8, 4) is 0 Å². The van der Waals surface area contributed by atoms with Crippen LogP contribution in [0, 0.1) is 5.92 Å². The standard InChI is InChI=1S/C14H25N3S/c1-4-9-15-13(11-7-5-6-8-11)14-12(10(2)3)16-17-18-14/h10-11,13,15H,4-9H2,1-3H3. The summed E-state index contributed by atoms with van der Waals surface area (Å²) >= 11 is 1.60. The van der Waals surface area contributed by atoms with Crippen LogP contribution in [-0.4, -0.2) is 16.1 Å². The van der Waals surface area contributed by atoms with Crippen molar-refractivity contribution in [1.29, 1.82) is 0 Å². The third-order valence-electron chi connectivity index (χ3n) is 3.86. The molecule has 0 bridgehead atoms. The van der Waals surface area contributed by atoms with Crippen LogP contribution >= 0.6 is 11.5 Å². The quantitative estimate of drug-likeness (QED) is 0.849. The molecule has 0 aromatic carbocycles. The van der Waals surface area contributed by atoms with Gasteiger partial charge in [-0.1, -0.05) is 38.1 Å². The average Bonchev–Trinajstić information content (AvgIpc) is 3.00. The molecule has 4 heteroatoms. The highest BCUT2D eigenvalue weighted by molar-refractivity contribution is 7.05. The van der Waals surface area contributed by atoms with E-state index in [-0.39, 0.29) is 0 Å². The minimum absolute atomic E-state index is 0.478. The number of rotatable bonds is 6. The molecule has 0 saturated heterocycles. The van der Waals surface area contributed by atoms with Crippen molar-refractivity contribution in [2.75, 3.05) is 6.54 Å². The number of nitrogens with one attached hydrogen (secondary N) is 1.